The predicted octanol–water partition coefficient (Wildman–Crippen LogP) is 7.35. The van der Waals surface area contributed by atoms with Crippen LogP contribution in [0.2, 0.25) is 0 Å². The first kappa shape index (κ1) is 34.0. The summed E-state index contributed by atoms with van der Waals surface area (Å²) in [6.07, 6.45) is -1.68. The number of carbonyl (C=O) groups excluding carboxylic acids is 1. The Morgan fingerprint density at radius 2 is 1.65 bits per heavy atom. The van der Waals surface area contributed by atoms with Crippen molar-refractivity contribution in [2.75, 3.05) is 13.0 Å². The molecule has 0 aliphatic rings. The number of aryl methyl sites for hydroxylation is 2. The van der Waals surface area contributed by atoms with E-state index >= 15 is 0 Å². The summed E-state index contributed by atoms with van der Waals surface area (Å²) in [6.45, 7) is 9.22. The van der Waals surface area contributed by atoms with Crippen molar-refractivity contribution in [2.45, 2.75) is 41.0 Å². The summed E-state index contributed by atoms with van der Waals surface area (Å²) in [4.78, 5) is 21.3. The standard InChI is InChI=1S/C32H33F3N6O4S/c1-20-15-26(43-6)16-21(2)27(20)38-30(46-19-44-29(42)31(3,4)5)39-37-17-22-7-9-23(10-8-22)28-36-18-41(40-28)24-11-13-25(14-12-24)45-32(33,34)35/h7-18H,19H2,1-6H3,(H,38,39)/b37-17+. The van der Waals surface area contributed by atoms with Crippen LogP contribution in [0.1, 0.15) is 37.5 Å². The van der Waals surface area contributed by atoms with Crippen LogP contribution in [0.4, 0.5) is 18.9 Å². The number of thioether (sulfide) groups is 1. The van der Waals surface area contributed by atoms with Gasteiger partial charge in [-0.3, -0.25) is 10.2 Å². The molecule has 1 heterocycles. The topological polar surface area (TPSA) is 112 Å². The largest absolute Gasteiger partial charge is 0.573 e. The van der Waals surface area contributed by atoms with Gasteiger partial charge in [-0.1, -0.05) is 24.3 Å². The third kappa shape index (κ3) is 9.57. The SMILES string of the molecule is COc1cc(C)c(/N=C(/N/N=C/c2ccc(-c3ncn(-c4ccc(OC(F)(F)F)cc4)n3)cc2)SCOC(=O)C(C)(C)C)c(C)c1. The molecule has 0 saturated carbocycles. The number of nitrogens with one attached hydrogen (secondary N) is 1. The molecule has 1 aromatic heterocycles. The molecule has 0 amide bonds. The monoisotopic (exact) mass is 654 g/mol. The lowest BCUT2D eigenvalue weighted by molar-refractivity contribution is -0.274. The Labute approximate surface area is 268 Å². The highest BCUT2D eigenvalue weighted by molar-refractivity contribution is 8.13. The van der Waals surface area contributed by atoms with Crippen LogP contribution in [-0.2, 0) is 9.53 Å². The van der Waals surface area contributed by atoms with E-state index < -0.39 is 11.8 Å². The smallest absolute Gasteiger partial charge is 0.497 e. The number of hydrazone groups is 1. The number of alkyl halides is 3. The van der Waals surface area contributed by atoms with Gasteiger partial charge in [0.05, 0.1) is 30.1 Å². The number of aliphatic imine (C=N–C) groups is 1. The number of benzene rings is 3. The molecule has 4 rings (SSSR count). The fourth-order valence-electron chi connectivity index (χ4n) is 3.96. The average Bonchev–Trinajstić information content (AvgIpc) is 3.48. The van der Waals surface area contributed by atoms with Gasteiger partial charge < -0.3 is 14.2 Å². The van der Waals surface area contributed by atoms with Gasteiger partial charge in [0, 0.05) is 5.56 Å². The first-order chi connectivity index (χ1) is 21.7. The highest BCUT2D eigenvalue weighted by Gasteiger charge is 2.31. The Hall–Kier alpha value is -4.85. The third-order valence-electron chi connectivity index (χ3n) is 6.28. The summed E-state index contributed by atoms with van der Waals surface area (Å²) < 4.78 is 53.4. The van der Waals surface area contributed by atoms with Gasteiger partial charge in [0.15, 0.2) is 11.0 Å². The van der Waals surface area contributed by atoms with Crippen LogP contribution in [0.3, 0.4) is 0 Å². The van der Waals surface area contributed by atoms with E-state index in [1.165, 1.54) is 47.0 Å². The molecular weight excluding hydrogens is 621 g/mol. The zero-order valence-corrected chi connectivity index (χ0v) is 26.9. The zero-order valence-electron chi connectivity index (χ0n) is 26.0. The lowest BCUT2D eigenvalue weighted by atomic mass is 9.98. The molecule has 10 nitrogen and oxygen atoms in total. The van der Waals surface area contributed by atoms with Gasteiger partial charge >= 0.3 is 12.3 Å². The first-order valence-corrected chi connectivity index (χ1v) is 14.9. The Morgan fingerprint density at radius 1 is 1.00 bits per heavy atom. The van der Waals surface area contributed by atoms with Crippen LogP contribution < -0.4 is 14.9 Å². The fraction of sp³-hybridized carbons (Fsp3) is 0.281. The number of halogens is 3. The van der Waals surface area contributed by atoms with Crippen molar-refractivity contribution in [3.05, 3.63) is 83.7 Å². The molecular formula is C32H33F3N6O4S. The summed E-state index contributed by atoms with van der Waals surface area (Å²) >= 11 is 1.20. The summed E-state index contributed by atoms with van der Waals surface area (Å²) in [6, 6.07) is 16.4. The molecule has 0 atom stereocenters. The van der Waals surface area contributed by atoms with Crippen molar-refractivity contribution in [1.29, 1.82) is 0 Å². The normalized spacial score (nSPS) is 12.3. The molecule has 14 heteroatoms. The van der Waals surface area contributed by atoms with Crippen molar-refractivity contribution >= 4 is 34.8 Å². The van der Waals surface area contributed by atoms with Gasteiger partial charge in [-0.25, -0.2) is 14.7 Å². The number of methoxy groups -OCH3 is 1. The van der Waals surface area contributed by atoms with Crippen molar-refractivity contribution in [2.24, 2.45) is 15.5 Å². The zero-order chi connectivity index (χ0) is 33.5. The molecule has 46 heavy (non-hydrogen) atoms. The van der Waals surface area contributed by atoms with E-state index in [-0.39, 0.29) is 17.7 Å². The van der Waals surface area contributed by atoms with Crippen LogP contribution in [0.5, 0.6) is 11.5 Å². The average molecular weight is 655 g/mol. The second kappa shape index (κ2) is 14.5. The molecule has 0 spiro atoms. The maximum absolute atomic E-state index is 12.4. The number of esters is 1. The van der Waals surface area contributed by atoms with E-state index in [2.05, 4.69) is 25.3 Å². The van der Waals surface area contributed by atoms with Crippen LogP contribution >= 0.6 is 11.8 Å². The molecule has 0 bridgehead atoms. The molecule has 4 aromatic rings. The van der Waals surface area contributed by atoms with E-state index in [0.717, 1.165) is 33.7 Å². The number of rotatable bonds is 9. The van der Waals surface area contributed by atoms with Crippen molar-refractivity contribution < 1.29 is 32.2 Å². The maximum Gasteiger partial charge on any atom is 0.573 e. The van der Waals surface area contributed by atoms with Gasteiger partial charge in [-0.15, -0.1) is 18.3 Å². The van der Waals surface area contributed by atoms with Crippen LogP contribution in [0.15, 0.2) is 77.1 Å². The van der Waals surface area contributed by atoms with Gasteiger partial charge in [-0.2, -0.15) is 5.10 Å². The number of amidine groups is 1. The van der Waals surface area contributed by atoms with Crippen LogP contribution in [0.25, 0.3) is 17.1 Å². The molecule has 0 unspecified atom stereocenters. The molecule has 0 aliphatic carbocycles. The first-order valence-electron chi connectivity index (χ1n) is 13.9. The van der Waals surface area contributed by atoms with Crippen molar-refractivity contribution in [3.63, 3.8) is 0 Å². The minimum atomic E-state index is -4.76. The number of hydrogen-bond donors (Lipinski definition) is 1. The minimum Gasteiger partial charge on any atom is -0.497 e. The third-order valence-corrected chi connectivity index (χ3v) is 6.97. The van der Waals surface area contributed by atoms with E-state index in [4.69, 9.17) is 14.5 Å². The Kier molecular flexibility index (Phi) is 10.7. The van der Waals surface area contributed by atoms with E-state index in [1.54, 1.807) is 34.1 Å². The predicted molar refractivity (Wildman–Crippen MR) is 172 cm³/mol. The molecule has 0 saturated heterocycles. The van der Waals surface area contributed by atoms with Gasteiger partial charge in [0.2, 0.25) is 0 Å². The Bertz CT molecular complexity index is 1690. The highest BCUT2D eigenvalue weighted by atomic mass is 32.2. The molecule has 3 aromatic carbocycles. The molecule has 242 valence electrons. The number of hydrogen-bond acceptors (Lipinski definition) is 9. The van der Waals surface area contributed by atoms with Crippen LogP contribution in [0, 0.1) is 19.3 Å². The van der Waals surface area contributed by atoms with Gasteiger partial charge in [0.25, 0.3) is 0 Å². The number of carbonyl (C=O) groups is 1. The van der Waals surface area contributed by atoms with Gasteiger partial charge in [-0.05, 0) is 99.5 Å². The second-order valence-electron chi connectivity index (χ2n) is 11.0. The number of aromatic nitrogens is 3. The number of ether oxygens (including phenoxy) is 3. The molecule has 0 aliphatic heterocycles. The molecule has 0 radical (unpaired) electrons. The highest BCUT2D eigenvalue weighted by Crippen LogP contribution is 2.30. The van der Waals surface area contributed by atoms with E-state index in [9.17, 15) is 18.0 Å². The van der Waals surface area contributed by atoms with Crippen molar-refractivity contribution in [3.8, 4) is 28.6 Å². The summed E-state index contributed by atoms with van der Waals surface area (Å²) in [5.41, 5.74) is 6.91. The Morgan fingerprint density at radius 3 is 2.24 bits per heavy atom. The summed E-state index contributed by atoms with van der Waals surface area (Å²) in [5.74, 6) is 0.555. The van der Waals surface area contributed by atoms with E-state index in [0.29, 0.717) is 16.7 Å². The lowest BCUT2D eigenvalue weighted by Crippen LogP contribution is -2.24. The molecule has 1 N–H and O–H groups in total. The van der Waals surface area contributed by atoms with Crippen LogP contribution in [-0.4, -0.2) is 51.5 Å². The number of nitrogens with zero attached hydrogens (tertiary/aromatic N) is 5. The lowest BCUT2D eigenvalue weighted by Gasteiger charge is -2.16. The van der Waals surface area contributed by atoms with Crippen molar-refractivity contribution in [1.82, 2.24) is 20.2 Å². The molecule has 0 fully saturated rings. The quantitative estimate of drug-likeness (QED) is 0.0656. The van der Waals surface area contributed by atoms with E-state index in [1.807, 2.05) is 50.2 Å². The maximum atomic E-state index is 12.4. The Balaban J connectivity index is 1.45. The van der Waals surface area contributed by atoms with Gasteiger partial charge in [0.1, 0.15) is 23.8 Å². The minimum absolute atomic E-state index is 0.0472. The summed E-state index contributed by atoms with van der Waals surface area (Å²) in [5, 5.41) is 9.20. The second-order valence-corrected chi connectivity index (χ2v) is 11.9. The fourth-order valence-corrected chi connectivity index (χ4v) is 4.51. The summed E-state index contributed by atoms with van der Waals surface area (Å²) in [7, 11) is 1.61.